The number of rotatable bonds is 1. The summed E-state index contributed by atoms with van der Waals surface area (Å²) in [7, 11) is 3.77. The minimum absolute atomic E-state index is 0.205. The first kappa shape index (κ1) is 13.0. The van der Waals surface area contributed by atoms with E-state index >= 15 is 0 Å². The molecule has 1 aliphatic rings. The number of amides is 1. The van der Waals surface area contributed by atoms with E-state index in [-0.39, 0.29) is 5.91 Å². The van der Waals surface area contributed by atoms with Crippen LogP contribution in [-0.2, 0) is 0 Å². The number of thiocarbonyl (C=S) groups is 1. The molecule has 0 N–H and O–H groups in total. The zero-order chi connectivity index (χ0) is 13.1. The van der Waals surface area contributed by atoms with Crippen molar-refractivity contribution in [2.45, 2.75) is 0 Å². The molecule has 1 aromatic rings. The Balaban J connectivity index is 1.98. The van der Waals surface area contributed by atoms with Gasteiger partial charge in [-0.1, -0.05) is 0 Å². The van der Waals surface area contributed by atoms with Gasteiger partial charge in [0.15, 0.2) is 10.9 Å². The molecule has 5 nitrogen and oxygen atoms in total. The van der Waals surface area contributed by atoms with Crippen LogP contribution in [0.5, 0.6) is 0 Å². The molecule has 0 aromatic carbocycles. The highest BCUT2D eigenvalue weighted by Gasteiger charge is 2.24. The van der Waals surface area contributed by atoms with Crippen LogP contribution in [0.4, 0.5) is 0 Å². The number of carbonyl (C=O) groups excluding carboxylic acids is 1. The smallest absolute Gasteiger partial charge is 0.295 e. The van der Waals surface area contributed by atoms with E-state index < -0.39 is 0 Å². The Bertz CT molecular complexity index is 425. The standard InChI is InChI=1S/C12H17N3O2S/c1-13-5-7-15(8-6-13)12(18)14(2)11(16)10-4-3-9-17-10/h3-4,9H,5-8H2,1-2H3. The monoisotopic (exact) mass is 267 g/mol. The lowest BCUT2D eigenvalue weighted by atomic mass is 10.3. The van der Waals surface area contributed by atoms with Gasteiger partial charge in [-0.15, -0.1) is 0 Å². The van der Waals surface area contributed by atoms with E-state index in [0.717, 1.165) is 26.2 Å². The summed E-state index contributed by atoms with van der Waals surface area (Å²) in [5.41, 5.74) is 0. The van der Waals surface area contributed by atoms with Gasteiger partial charge < -0.3 is 14.2 Å². The van der Waals surface area contributed by atoms with Gasteiger partial charge in [0.05, 0.1) is 6.26 Å². The fraction of sp³-hybridized carbons (Fsp3) is 0.500. The van der Waals surface area contributed by atoms with Gasteiger partial charge in [0.25, 0.3) is 5.91 Å². The van der Waals surface area contributed by atoms with Gasteiger partial charge in [0.1, 0.15) is 0 Å². The summed E-state index contributed by atoms with van der Waals surface area (Å²) in [5, 5.41) is 0.560. The molecule has 18 heavy (non-hydrogen) atoms. The van der Waals surface area contributed by atoms with Crippen LogP contribution in [0.3, 0.4) is 0 Å². The maximum atomic E-state index is 12.1. The summed E-state index contributed by atoms with van der Waals surface area (Å²) in [6.07, 6.45) is 1.49. The number of nitrogens with zero attached hydrogens (tertiary/aromatic N) is 3. The summed E-state index contributed by atoms with van der Waals surface area (Å²) in [5.74, 6) is 0.109. The molecule has 1 saturated heterocycles. The van der Waals surface area contributed by atoms with Crippen molar-refractivity contribution in [1.29, 1.82) is 0 Å². The summed E-state index contributed by atoms with van der Waals surface area (Å²) in [6, 6.07) is 3.34. The molecular formula is C12H17N3O2S. The van der Waals surface area contributed by atoms with E-state index in [4.69, 9.17) is 16.6 Å². The molecule has 98 valence electrons. The average molecular weight is 267 g/mol. The number of carbonyl (C=O) groups is 1. The van der Waals surface area contributed by atoms with Crippen molar-refractivity contribution in [1.82, 2.24) is 14.7 Å². The van der Waals surface area contributed by atoms with Crippen LogP contribution in [0.1, 0.15) is 10.6 Å². The fourth-order valence-electron chi connectivity index (χ4n) is 1.86. The van der Waals surface area contributed by atoms with Crippen LogP contribution >= 0.6 is 12.2 Å². The molecule has 0 unspecified atom stereocenters. The lowest BCUT2D eigenvalue weighted by Gasteiger charge is -2.36. The molecule has 0 aliphatic carbocycles. The largest absolute Gasteiger partial charge is 0.459 e. The highest BCUT2D eigenvalue weighted by molar-refractivity contribution is 7.80. The molecule has 1 amide bonds. The molecule has 0 radical (unpaired) electrons. The van der Waals surface area contributed by atoms with Gasteiger partial charge in [0, 0.05) is 33.2 Å². The van der Waals surface area contributed by atoms with Gasteiger partial charge in [0.2, 0.25) is 0 Å². The first-order valence-electron chi connectivity index (χ1n) is 5.88. The molecule has 0 saturated carbocycles. The Morgan fingerprint density at radius 2 is 2.06 bits per heavy atom. The number of hydrogen-bond acceptors (Lipinski definition) is 4. The van der Waals surface area contributed by atoms with Crippen molar-refractivity contribution in [3.05, 3.63) is 24.2 Å². The minimum Gasteiger partial charge on any atom is -0.459 e. The maximum Gasteiger partial charge on any atom is 0.295 e. The summed E-state index contributed by atoms with van der Waals surface area (Å²) in [4.78, 5) is 17.8. The van der Waals surface area contributed by atoms with Crippen molar-refractivity contribution in [2.75, 3.05) is 40.3 Å². The van der Waals surface area contributed by atoms with E-state index in [9.17, 15) is 4.79 Å². The number of likely N-dealkylation sites (N-methyl/N-ethyl adjacent to an activating group) is 1. The van der Waals surface area contributed by atoms with Crippen molar-refractivity contribution in [2.24, 2.45) is 0 Å². The second kappa shape index (κ2) is 5.49. The van der Waals surface area contributed by atoms with Gasteiger partial charge in [-0.05, 0) is 31.4 Å². The third-order valence-corrected chi connectivity index (χ3v) is 3.63. The van der Waals surface area contributed by atoms with Gasteiger partial charge in [-0.25, -0.2) is 0 Å². The van der Waals surface area contributed by atoms with Crippen molar-refractivity contribution >= 4 is 23.2 Å². The molecule has 1 aromatic heterocycles. The Morgan fingerprint density at radius 3 is 2.61 bits per heavy atom. The Labute approximate surface area is 112 Å². The summed E-state index contributed by atoms with van der Waals surface area (Å²) < 4.78 is 5.09. The van der Waals surface area contributed by atoms with Gasteiger partial charge in [-0.2, -0.15) is 0 Å². The SMILES string of the molecule is CN1CCN(C(=S)N(C)C(=O)c2ccco2)CC1. The highest BCUT2D eigenvalue weighted by atomic mass is 32.1. The second-order valence-corrected chi connectivity index (χ2v) is 4.78. The van der Waals surface area contributed by atoms with E-state index in [0.29, 0.717) is 10.9 Å². The second-order valence-electron chi connectivity index (χ2n) is 4.41. The number of hydrogen-bond donors (Lipinski definition) is 0. The van der Waals surface area contributed by atoms with Crippen LogP contribution in [0.25, 0.3) is 0 Å². The predicted molar refractivity (Wildman–Crippen MR) is 72.5 cm³/mol. The number of furan rings is 1. The third-order valence-electron chi connectivity index (χ3n) is 3.10. The third kappa shape index (κ3) is 2.70. The molecule has 2 heterocycles. The minimum atomic E-state index is -0.205. The Kier molecular flexibility index (Phi) is 3.98. The quantitative estimate of drug-likeness (QED) is 0.707. The van der Waals surface area contributed by atoms with Crippen LogP contribution in [-0.4, -0.2) is 66.0 Å². The van der Waals surface area contributed by atoms with Crippen LogP contribution in [0.2, 0.25) is 0 Å². The van der Waals surface area contributed by atoms with E-state index in [1.165, 1.54) is 11.2 Å². The summed E-state index contributed by atoms with van der Waals surface area (Å²) in [6.45, 7) is 3.63. The Morgan fingerprint density at radius 1 is 1.39 bits per heavy atom. The van der Waals surface area contributed by atoms with Crippen LogP contribution in [0.15, 0.2) is 22.8 Å². The van der Waals surface area contributed by atoms with Crippen LogP contribution < -0.4 is 0 Å². The first-order valence-corrected chi connectivity index (χ1v) is 6.29. The normalized spacial score (nSPS) is 16.7. The fourth-order valence-corrected chi connectivity index (χ4v) is 2.13. The topological polar surface area (TPSA) is 39.9 Å². The zero-order valence-electron chi connectivity index (χ0n) is 10.6. The summed E-state index contributed by atoms with van der Waals surface area (Å²) >= 11 is 5.36. The molecular weight excluding hydrogens is 250 g/mol. The lowest BCUT2D eigenvalue weighted by Crippen LogP contribution is -2.52. The molecule has 2 rings (SSSR count). The highest BCUT2D eigenvalue weighted by Crippen LogP contribution is 2.09. The van der Waals surface area contributed by atoms with Crippen molar-refractivity contribution in [3.63, 3.8) is 0 Å². The van der Waals surface area contributed by atoms with Gasteiger partial charge in [-0.3, -0.25) is 9.69 Å². The number of piperazine rings is 1. The molecule has 0 atom stereocenters. The van der Waals surface area contributed by atoms with Crippen LogP contribution in [0, 0.1) is 0 Å². The first-order chi connectivity index (χ1) is 8.59. The van der Waals surface area contributed by atoms with Gasteiger partial charge >= 0.3 is 0 Å². The average Bonchev–Trinajstić information content (AvgIpc) is 2.91. The molecule has 6 heteroatoms. The predicted octanol–water partition coefficient (Wildman–Crippen LogP) is 0.884. The Hall–Kier alpha value is -1.40. The van der Waals surface area contributed by atoms with E-state index in [1.54, 1.807) is 19.2 Å². The molecule has 1 aliphatic heterocycles. The van der Waals surface area contributed by atoms with Crippen molar-refractivity contribution < 1.29 is 9.21 Å². The lowest BCUT2D eigenvalue weighted by molar-refractivity contribution is 0.0823. The molecule has 0 bridgehead atoms. The maximum absolute atomic E-state index is 12.1. The molecule has 0 spiro atoms. The van der Waals surface area contributed by atoms with E-state index in [2.05, 4.69) is 16.8 Å². The van der Waals surface area contributed by atoms with Crippen molar-refractivity contribution in [3.8, 4) is 0 Å². The van der Waals surface area contributed by atoms with E-state index in [1.807, 2.05) is 0 Å². The molecule has 1 fully saturated rings. The zero-order valence-corrected chi connectivity index (χ0v) is 11.4.